The maximum atomic E-state index is 5.64. The predicted molar refractivity (Wildman–Crippen MR) is 88.2 cm³/mol. The number of benzene rings is 2. The molecule has 0 saturated heterocycles. The van der Waals surface area contributed by atoms with E-state index in [0.717, 1.165) is 29.0 Å². The lowest BCUT2D eigenvalue weighted by atomic mass is 9.99. The SMILES string of the molecule is CCCCCc1ccc(-c2ccccc2)c(OC)c1OC. The van der Waals surface area contributed by atoms with Gasteiger partial charge in [0.2, 0.25) is 0 Å². The first-order chi connectivity index (χ1) is 10.3. The van der Waals surface area contributed by atoms with Crippen LogP contribution in [0.5, 0.6) is 11.5 Å². The Bertz CT molecular complexity index is 561. The number of ether oxygens (including phenoxy) is 2. The van der Waals surface area contributed by atoms with Gasteiger partial charge < -0.3 is 9.47 Å². The number of aryl methyl sites for hydroxylation is 1. The summed E-state index contributed by atoms with van der Waals surface area (Å²) in [6.07, 6.45) is 4.68. The highest BCUT2D eigenvalue weighted by molar-refractivity contribution is 5.75. The lowest BCUT2D eigenvalue weighted by molar-refractivity contribution is 0.352. The van der Waals surface area contributed by atoms with E-state index in [1.54, 1.807) is 14.2 Å². The molecule has 0 heterocycles. The minimum absolute atomic E-state index is 0.831. The van der Waals surface area contributed by atoms with Gasteiger partial charge in [-0.1, -0.05) is 62.2 Å². The quantitative estimate of drug-likeness (QED) is 0.658. The number of methoxy groups -OCH3 is 2. The van der Waals surface area contributed by atoms with Crippen LogP contribution in [0.2, 0.25) is 0 Å². The summed E-state index contributed by atoms with van der Waals surface area (Å²) in [4.78, 5) is 0. The molecule has 0 fully saturated rings. The van der Waals surface area contributed by atoms with Crippen LogP contribution < -0.4 is 9.47 Å². The van der Waals surface area contributed by atoms with Crippen LogP contribution in [0.3, 0.4) is 0 Å². The highest BCUT2D eigenvalue weighted by Gasteiger charge is 2.15. The summed E-state index contributed by atoms with van der Waals surface area (Å²) in [7, 11) is 3.43. The maximum absolute atomic E-state index is 5.64. The minimum atomic E-state index is 0.831. The summed E-state index contributed by atoms with van der Waals surface area (Å²) in [5.74, 6) is 1.70. The van der Waals surface area contributed by atoms with Gasteiger partial charge in [-0.2, -0.15) is 0 Å². The minimum Gasteiger partial charge on any atom is -0.493 e. The largest absolute Gasteiger partial charge is 0.493 e. The summed E-state index contributed by atoms with van der Waals surface area (Å²) in [6, 6.07) is 14.6. The highest BCUT2D eigenvalue weighted by atomic mass is 16.5. The van der Waals surface area contributed by atoms with Gasteiger partial charge in [0.1, 0.15) is 0 Å². The van der Waals surface area contributed by atoms with E-state index in [9.17, 15) is 0 Å². The first kappa shape index (κ1) is 15.4. The van der Waals surface area contributed by atoms with E-state index in [4.69, 9.17) is 9.47 Å². The molecule has 21 heavy (non-hydrogen) atoms. The Morgan fingerprint density at radius 2 is 1.52 bits per heavy atom. The zero-order chi connectivity index (χ0) is 15.1. The van der Waals surface area contributed by atoms with Crippen molar-refractivity contribution < 1.29 is 9.47 Å². The molecule has 0 bridgehead atoms. The normalized spacial score (nSPS) is 10.4. The Kier molecular flexibility index (Phi) is 5.68. The molecule has 0 aliphatic rings. The molecule has 0 atom stereocenters. The fraction of sp³-hybridized carbons (Fsp3) is 0.368. The molecule has 112 valence electrons. The molecule has 0 aromatic heterocycles. The molecule has 0 spiro atoms. The van der Waals surface area contributed by atoms with Crippen molar-refractivity contribution in [1.29, 1.82) is 0 Å². The van der Waals surface area contributed by atoms with Crippen LogP contribution in [0, 0.1) is 0 Å². The Labute approximate surface area is 127 Å². The second-order valence-corrected chi connectivity index (χ2v) is 5.16. The third-order valence-corrected chi connectivity index (χ3v) is 3.74. The van der Waals surface area contributed by atoms with E-state index in [1.807, 2.05) is 18.2 Å². The molecule has 0 saturated carbocycles. The predicted octanol–water partition coefficient (Wildman–Crippen LogP) is 5.10. The van der Waals surface area contributed by atoms with E-state index in [1.165, 1.54) is 24.8 Å². The van der Waals surface area contributed by atoms with Gasteiger partial charge in [-0.05, 0) is 24.0 Å². The Balaban J connectivity index is 2.40. The standard InChI is InChI=1S/C19H24O2/c1-4-5-7-12-16-13-14-17(15-10-8-6-9-11-15)19(21-3)18(16)20-2/h6,8-11,13-14H,4-5,7,12H2,1-3H3. The molecular weight excluding hydrogens is 260 g/mol. The Morgan fingerprint density at radius 1 is 0.810 bits per heavy atom. The Hall–Kier alpha value is -1.96. The topological polar surface area (TPSA) is 18.5 Å². The van der Waals surface area contributed by atoms with Crippen LogP contribution in [0.4, 0.5) is 0 Å². The van der Waals surface area contributed by atoms with Crippen molar-refractivity contribution in [1.82, 2.24) is 0 Å². The first-order valence-corrected chi connectivity index (χ1v) is 7.61. The van der Waals surface area contributed by atoms with Crippen LogP contribution in [0.1, 0.15) is 31.7 Å². The monoisotopic (exact) mass is 284 g/mol. The van der Waals surface area contributed by atoms with Gasteiger partial charge in [0.05, 0.1) is 14.2 Å². The van der Waals surface area contributed by atoms with E-state index in [0.29, 0.717) is 0 Å². The lowest BCUT2D eigenvalue weighted by Crippen LogP contribution is -1.98. The van der Waals surface area contributed by atoms with Gasteiger partial charge in [-0.15, -0.1) is 0 Å². The van der Waals surface area contributed by atoms with Crippen molar-refractivity contribution in [2.24, 2.45) is 0 Å². The van der Waals surface area contributed by atoms with E-state index in [2.05, 4.69) is 31.2 Å². The zero-order valence-corrected chi connectivity index (χ0v) is 13.2. The third kappa shape index (κ3) is 3.57. The molecule has 0 unspecified atom stereocenters. The number of rotatable bonds is 7. The summed E-state index contributed by atoms with van der Waals surface area (Å²) >= 11 is 0. The molecule has 0 aliphatic heterocycles. The fourth-order valence-electron chi connectivity index (χ4n) is 2.64. The van der Waals surface area contributed by atoms with E-state index < -0.39 is 0 Å². The molecule has 2 aromatic carbocycles. The van der Waals surface area contributed by atoms with Crippen molar-refractivity contribution in [3.05, 3.63) is 48.0 Å². The van der Waals surface area contributed by atoms with Gasteiger partial charge >= 0.3 is 0 Å². The Morgan fingerprint density at radius 3 is 2.14 bits per heavy atom. The highest BCUT2D eigenvalue weighted by Crippen LogP contribution is 2.40. The third-order valence-electron chi connectivity index (χ3n) is 3.74. The summed E-state index contributed by atoms with van der Waals surface area (Å²) < 4.78 is 11.3. The summed E-state index contributed by atoms with van der Waals surface area (Å²) in [5, 5.41) is 0. The van der Waals surface area contributed by atoms with Crippen molar-refractivity contribution >= 4 is 0 Å². The molecule has 0 N–H and O–H groups in total. The van der Waals surface area contributed by atoms with Gasteiger partial charge in [-0.3, -0.25) is 0 Å². The smallest absolute Gasteiger partial charge is 0.168 e. The number of hydrogen-bond donors (Lipinski definition) is 0. The van der Waals surface area contributed by atoms with Gasteiger partial charge in [0, 0.05) is 5.56 Å². The first-order valence-electron chi connectivity index (χ1n) is 7.61. The number of hydrogen-bond acceptors (Lipinski definition) is 2. The molecule has 0 aliphatic carbocycles. The van der Waals surface area contributed by atoms with Gasteiger partial charge in [0.25, 0.3) is 0 Å². The second kappa shape index (κ2) is 7.72. The van der Waals surface area contributed by atoms with Crippen LogP contribution in [-0.2, 0) is 6.42 Å². The molecule has 2 rings (SSSR count). The second-order valence-electron chi connectivity index (χ2n) is 5.16. The van der Waals surface area contributed by atoms with Crippen LogP contribution in [0.15, 0.2) is 42.5 Å². The van der Waals surface area contributed by atoms with Gasteiger partial charge in [0.15, 0.2) is 11.5 Å². The molecule has 2 aromatic rings. The van der Waals surface area contributed by atoms with Gasteiger partial charge in [-0.25, -0.2) is 0 Å². The van der Waals surface area contributed by atoms with E-state index in [-0.39, 0.29) is 0 Å². The maximum Gasteiger partial charge on any atom is 0.168 e. The van der Waals surface area contributed by atoms with Crippen molar-refractivity contribution in [2.45, 2.75) is 32.6 Å². The number of unbranched alkanes of at least 4 members (excludes halogenated alkanes) is 2. The lowest BCUT2D eigenvalue weighted by Gasteiger charge is -2.16. The van der Waals surface area contributed by atoms with Crippen molar-refractivity contribution in [3.8, 4) is 22.6 Å². The van der Waals surface area contributed by atoms with Crippen molar-refractivity contribution in [2.75, 3.05) is 14.2 Å². The summed E-state index contributed by atoms with van der Waals surface area (Å²) in [6.45, 7) is 2.22. The van der Waals surface area contributed by atoms with E-state index >= 15 is 0 Å². The zero-order valence-electron chi connectivity index (χ0n) is 13.2. The summed E-state index contributed by atoms with van der Waals surface area (Å²) in [5.41, 5.74) is 3.45. The van der Waals surface area contributed by atoms with Crippen LogP contribution in [-0.4, -0.2) is 14.2 Å². The van der Waals surface area contributed by atoms with Crippen molar-refractivity contribution in [3.63, 3.8) is 0 Å². The average Bonchev–Trinajstić information content (AvgIpc) is 2.55. The fourth-order valence-corrected chi connectivity index (χ4v) is 2.64. The average molecular weight is 284 g/mol. The van der Waals surface area contributed by atoms with Crippen LogP contribution in [0.25, 0.3) is 11.1 Å². The molecule has 0 radical (unpaired) electrons. The van der Waals surface area contributed by atoms with Crippen LogP contribution >= 0.6 is 0 Å². The molecule has 0 amide bonds. The molecule has 2 heteroatoms. The molecular formula is C19H24O2. The molecule has 2 nitrogen and oxygen atoms in total.